The normalized spacial score (nSPS) is 18.7. The summed E-state index contributed by atoms with van der Waals surface area (Å²) in [6.45, 7) is 20.2. The second kappa shape index (κ2) is 14.5. The van der Waals surface area contributed by atoms with Crippen LogP contribution in [0.25, 0.3) is 0 Å². The molecule has 0 bridgehead atoms. The number of esters is 1. The molecule has 41 heavy (non-hydrogen) atoms. The number of amides is 2. The summed E-state index contributed by atoms with van der Waals surface area (Å²) >= 11 is 0. The lowest BCUT2D eigenvalue weighted by Gasteiger charge is -2.40. The highest BCUT2D eigenvalue weighted by molar-refractivity contribution is 5.96. The molecule has 2 amide bonds. The predicted octanol–water partition coefficient (Wildman–Crippen LogP) is 5.59. The van der Waals surface area contributed by atoms with E-state index in [0.717, 1.165) is 12.8 Å². The Kier molecular flexibility index (Phi) is 12.2. The maximum Gasteiger partial charge on any atom is 0.328 e. The van der Waals surface area contributed by atoms with Gasteiger partial charge in [0.25, 0.3) is 0 Å². The van der Waals surface area contributed by atoms with Crippen molar-refractivity contribution in [1.29, 1.82) is 0 Å². The molecule has 1 aliphatic heterocycles. The fourth-order valence-corrected chi connectivity index (χ4v) is 6.08. The molecule has 1 aliphatic rings. The van der Waals surface area contributed by atoms with Crippen LogP contribution >= 0.6 is 0 Å². The third-order valence-corrected chi connectivity index (χ3v) is 8.94. The van der Waals surface area contributed by atoms with Crippen molar-refractivity contribution < 1.29 is 19.1 Å². The molecule has 7 nitrogen and oxygen atoms in total. The summed E-state index contributed by atoms with van der Waals surface area (Å²) in [5, 5.41) is 3.67. The summed E-state index contributed by atoms with van der Waals surface area (Å²) in [6, 6.07) is 9.34. The van der Waals surface area contributed by atoms with Crippen LogP contribution in [0, 0.1) is 17.3 Å². The first kappa shape index (κ1) is 34.5. The molecule has 1 aromatic rings. The van der Waals surface area contributed by atoms with Crippen molar-refractivity contribution in [3.05, 3.63) is 47.5 Å². The molecule has 0 unspecified atom stereocenters. The van der Waals surface area contributed by atoms with E-state index >= 15 is 0 Å². The van der Waals surface area contributed by atoms with Crippen LogP contribution in [0.15, 0.2) is 42.0 Å². The van der Waals surface area contributed by atoms with E-state index in [4.69, 9.17) is 4.74 Å². The van der Waals surface area contributed by atoms with E-state index in [1.54, 1.807) is 16.7 Å². The SMILES string of the molecule is CC[C@H](CN[C@H](C(=O)N(C)[C@H](/C=C(\C)C(=O)N1CCC[C@H]1C(=O)OC)C(C)C)C(C)(C)C)C(C)(C)c1ccccc1. The molecule has 1 heterocycles. The molecular formula is C34H55N3O4. The highest BCUT2D eigenvalue weighted by Gasteiger charge is 2.39. The van der Waals surface area contributed by atoms with Gasteiger partial charge in [-0.1, -0.05) is 98.2 Å². The van der Waals surface area contributed by atoms with E-state index in [9.17, 15) is 14.4 Å². The number of hydrogen-bond acceptors (Lipinski definition) is 5. The molecule has 2 rings (SSSR count). The summed E-state index contributed by atoms with van der Waals surface area (Å²) in [6.07, 6.45) is 4.25. The van der Waals surface area contributed by atoms with Crippen LogP contribution in [0.2, 0.25) is 0 Å². The van der Waals surface area contributed by atoms with E-state index in [2.05, 4.69) is 85.0 Å². The third-order valence-electron chi connectivity index (χ3n) is 8.94. The lowest BCUT2D eigenvalue weighted by Crippen LogP contribution is -2.56. The number of hydrogen-bond donors (Lipinski definition) is 1. The van der Waals surface area contributed by atoms with Crippen molar-refractivity contribution in [2.45, 2.75) is 105 Å². The summed E-state index contributed by atoms with van der Waals surface area (Å²) < 4.78 is 4.92. The lowest BCUT2D eigenvalue weighted by molar-refractivity contribution is -0.149. The lowest BCUT2D eigenvalue weighted by atomic mass is 9.72. The van der Waals surface area contributed by atoms with Crippen LogP contribution < -0.4 is 5.32 Å². The number of likely N-dealkylation sites (tertiary alicyclic amines) is 1. The average molecular weight is 570 g/mol. The number of nitrogens with zero attached hydrogens (tertiary/aromatic N) is 2. The zero-order chi connectivity index (χ0) is 31.1. The second-order valence-corrected chi connectivity index (χ2v) is 13.6. The predicted molar refractivity (Wildman–Crippen MR) is 166 cm³/mol. The van der Waals surface area contributed by atoms with Crippen LogP contribution in [0.1, 0.15) is 87.1 Å². The fourth-order valence-electron chi connectivity index (χ4n) is 6.08. The van der Waals surface area contributed by atoms with Crippen molar-refractivity contribution in [1.82, 2.24) is 15.1 Å². The standard InChI is InChI=1S/C34H55N3O4/c1-12-25(34(8,9)26-17-14-13-15-18-26)22-35-29(33(5,6)7)31(39)36(10)28(23(2)3)21-24(4)30(38)37-20-16-19-27(37)32(40)41-11/h13-15,17-18,21,23,25,27-29,35H,12,16,19-20,22H2,1-11H3/b24-21+/t25-,27+,28-,29-/m1/s1. The van der Waals surface area contributed by atoms with Crippen LogP contribution in [0.3, 0.4) is 0 Å². The van der Waals surface area contributed by atoms with Gasteiger partial charge in [0.2, 0.25) is 11.8 Å². The van der Waals surface area contributed by atoms with Gasteiger partial charge in [-0.3, -0.25) is 9.59 Å². The Hall–Kier alpha value is -2.67. The van der Waals surface area contributed by atoms with Crippen molar-refractivity contribution in [2.24, 2.45) is 17.3 Å². The molecular weight excluding hydrogens is 514 g/mol. The van der Waals surface area contributed by atoms with Gasteiger partial charge in [-0.15, -0.1) is 0 Å². The van der Waals surface area contributed by atoms with Gasteiger partial charge >= 0.3 is 5.97 Å². The van der Waals surface area contributed by atoms with Crippen LogP contribution in [-0.4, -0.2) is 73.0 Å². The maximum atomic E-state index is 14.1. The van der Waals surface area contributed by atoms with Gasteiger partial charge < -0.3 is 19.9 Å². The number of nitrogens with one attached hydrogen (secondary N) is 1. The Morgan fingerprint density at radius 2 is 1.73 bits per heavy atom. The van der Waals surface area contributed by atoms with Crippen molar-refractivity contribution in [2.75, 3.05) is 27.2 Å². The monoisotopic (exact) mass is 569 g/mol. The number of carbonyl (C=O) groups is 3. The second-order valence-electron chi connectivity index (χ2n) is 13.6. The first-order chi connectivity index (χ1) is 19.1. The topological polar surface area (TPSA) is 79.0 Å². The molecule has 0 saturated carbocycles. The van der Waals surface area contributed by atoms with E-state index in [-0.39, 0.29) is 40.6 Å². The zero-order valence-corrected chi connectivity index (χ0v) is 27.4. The van der Waals surface area contributed by atoms with Crippen molar-refractivity contribution in [3.63, 3.8) is 0 Å². The Bertz CT molecular complexity index is 1060. The van der Waals surface area contributed by atoms with Gasteiger partial charge in [-0.25, -0.2) is 4.79 Å². The van der Waals surface area contributed by atoms with E-state index in [1.807, 2.05) is 19.2 Å². The quantitative estimate of drug-likeness (QED) is 0.262. The van der Waals surface area contributed by atoms with Gasteiger partial charge in [0.15, 0.2) is 0 Å². The van der Waals surface area contributed by atoms with Gasteiger partial charge in [0.1, 0.15) is 6.04 Å². The van der Waals surface area contributed by atoms with Crippen molar-refractivity contribution >= 4 is 17.8 Å². The molecule has 0 spiro atoms. The molecule has 230 valence electrons. The van der Waals surface area contributed by atoms with E-state index < -0.39 is 12.1 Å². The van der Waals surface area contributed by atoms with Gasteiger partial charge in [-0.2, -0.15) is 0 Å². The van der Waals surface area contributed by atoms with Crippen LogP contribution in [0.4, 0.5) is 0 Å². The first-order valence-corrected chi connectivity index (χ1v) is 15.2. The molecule has 0 aromatic heterocycles. The highest BCUT2D eigenvalue weighted by Crippen LogP contribution is 2.34. The largest absolute Gasteiger partial charge is 0.467 e. The number of benzene rings is 1. The van der Waals surface area contributed by atoms with E-state index in [1.165, 1.54) is 12.7 Å². The minimum absolute atomic E-state index is 0.00804. The van der Waals surface area contributed by atoms with Gasteiger partial charge in [0, 0.05) is 19.2 Å². The number of carbonyl (C=O) groups excluding carboxylic acids is 3. The smallest absolute Gasteiger partial charge is 0.328 e. The third kappa shape index (κ3) is 8.43. The van der Waals surface area contributed by atoms with E-state index in [0.29, 0.717) is 31.0 Å². The maximum absolute atomic E-state index is 14.1. The average Bonchev–Trinajstić information content (AvgIpc) is 3.42. The number of rotatable bonds is 12. The molecule has 0 radical (unpaired) electrons. The Labute approximate surface area is 249 Å². The van der Waals surface area contributed by atoms with Gasteiger partial charge in [-0.05, 0) is 54.5 Å². The van der Waals surface area contributed by atoms with Crippen LogP contribution in [0.5, 0.6) is 0 Å². The molecule has 1 fully saturated rings. The Morgan fingerprint density at radius 3 is 2.24 bits per heavy atom. The number of ether oxygens (including phenoxy) is 1. The van der Waals surface area contributed by atoms with Gasteiger partial charge in [0.05, 0.1) is 19.2 Å². The minimum Gasteiger partial charge on any atom is -0.467 e. The molecule has 1 saturated heterocycles. The molecule has 1 aromatic carbocycles. The Morgan fingerprint density at radius 1 is 1.12 bits per heavy atom. The molecule has 1 N–H and O–H groups in total. The summed E-state index contributed by atoms with van der Waals surface area (Å²) in [7, 11) is 3.19. The summed E-state index contributed by atoms with van der Waals surface area (Å²) in [5.41, 5.74) is 1.45. The summed E-state index contributed by atoms with van der Waals surface area (Å²) in [5.74, 6) is -0.131. The molecule has 0 aliphatic carbocycles. The number of likely N-dealkylation sites (N-methyl/N-ethyl adjacent to an activating group) is 1. The van der Waals surface area contributed by atoms with Crippen molar-refractivity contribution in [3.8, 4) is 0 Å². The Balaban J connectivity index is 2.27. The molecule has 4 atom stereocenters. The van der Waals surface area contributed by atoms with Crippen LogP contribution in [-0.2, 0) is 24.5 Å². The summed E-state index contributed by atoms with van der Waals surface area (Å²) in [4.78, 5) is 43.1. The number of methoxy groups -OCH3 is 1. The molecule has 7 heteroatoms. The highest BCUT2D eigenvalue weighted by atomic mass is 16.5. The zero-order valence-electron chi connectivity index (χ0n) is 27.4. The minimum atomic E-state index is -0.547. The fraction of sp³-hybridized carbons (Fsp3) is 0.676. The first-order valence-electron chi connectivity index (χ1n) is 15.2.